The van der Waals surface area contributed by atoms with E-state index >= 15 is 0 Å². The summed E-state index contributed by atoms with van der Waals surface area (Å²) in [6.07, 6.45) is 2.57. The Bertz CT molecular complexity index is 800. The van der Waals surface area contributed by atoms with Crippen molar-refractivity contribution in [3.63, 3.8) is 0 Å². The Labute approximate surface area is 155 Å². The van der Waals surface area contributed by atoms with E-state index in [0.29, 0.717) is 12.1 Å². The number of hydrogen-bond donors (Lipinski definition) is 1. The number of benzene rings is 1. The van der Waals surface area contributed by atoms with Crippen LogP contribution in [0.3, 0.4) is 0 Å². The lowest BCUT2D eigenvalue weighted by Gasteiger charge is -2.32. The average molecular weight is 349 g/mol. The van der Waals surface area contributed by atoms with E-state index < -0.39 is 18.3 Å². The fourth-order valence-electron chi connectivity index (χ4n) is 2.80. The van der Waals surface area contributed by atoms with Crippen LogP contribution in [0.1, 0.15) is 39.0 Å². The van der Waals surface area contributed by atoms with Gasteiger partial charge in [-0.05, 0) is 57.4 Å². The summed E-state index contributed by atoms with van der Waals surface area (Å²) >= 11 is 0. The van der Waals surface area contributed by atoms with Crippen molar-refractivity contribution in [2.75, 3.05) is 11.9 Å². The maximum absolute atomic E-state index is 9.39. The Balaban J connectivity index is 1.74. The average Bonchev–Trinajstić information content (AvgIpc) is 2.83. The highest BCUT2D eigenvalue weighted by Gasteiger charge is 2.51. The summed E-state index contributed by atoms with van der Waals surface area (Å²) in [5.74, 6) is 0. The molecule has 1 aromatic carbocycles. The molecular weight excluding hydrogens is 325 g/mol. The van der Waals surface area contributed by atoms with E-state index in [-0.39, 0.29) is 0 Å². The molecule has 3 rings (SSSR count). The normalized spacial score (nSPS) is 17.7. The van der Waals surface area contributed by atoms with Crippen LogP contribution >= 0.6 is 0 Å². The van der Waals surface area contributed by atoms with Crippen LogP contribution in [0, 0.1) is 11.3 Å². The quantitative estimate of drug-likeness (QED) is 0.841. The summed E-state index contributed by atoms with van der Waals surface area (Å²) in [4.78, 5) is 4.32. The first-order valence-electron chi connectivity index (χ1n) is 8.86. The van der Waals surface area contributed by atoms with Crippen molar-refractivity contribution in [1.29, 1.82) is 5.26 Å². The number of nitrogens with one attached hydrogen (secondary N) is 1. The molecule has 1 aromatic heterocycles. The van der Waals surface area contributed by atoms with Gasteiger partial charge in [-0.2, -0.15) is 5.26 Å². The SMILES string of the molecule is CC1(C)OB(c2ccc(C#N)c(NCCc3ccccn3)c2)OC1(C)C. The molecule has 0 amide bonds. The third-order valence-corrected chi connectivity index (χ3v) is 5.11. The van der Waals surface area contributed by atoms with Crippen LogP contribution in [0.2, 0.25) is 0 Å². The van der Waals surface area contributed by atoms with Crippen LogP contribution < -0.4 is 10.8 Å². The van der Waals surface area contributed by atoms with Crippen LogP contribution in [-0.4, -0.2) is 29.8 Å². The highest BCUT2D eigenvalue weighted by Crippen LogP contribution is 2.36. The fourth-order valence-corrected chi connectivity index (χ4v) is 2.80. The lowest BCUT2D eigenvalue weighted by atomic mass is 9.78. The molecule has 0 spiro atoms. The van der Waals surface area contributed by atoms with E-state index in [0.717, 1.165) is 23.3 Å². The Morgan fingerprint density at radius 2 is 1.85 bits per heavy atom. The molecule has 26 heavy (non-hydrogen) atoms. The van der Waals surface area contributed by atoms with Gasteiger partial charge in [0.25, 0.3) is 0 Å². The van der Waals surface area contributed by atoms with Gasteiger partial charge in [0.1, 0.15) is 6.07 Å². The Morgan fingerprint density at radius 1 is 1.12 bits per heavy atom. The second kappa shape index (κ2) is 7.10. The van der Waals surface area contributed by atoms with Crippen LogP contribution in [0.4, 0.5) is 5.69 Å². The smallest absolute Gasteiger partial charge is 0.399 e. The Hall–Kier alpha value is -2.36. The topological polar surface area (TPSA) is 67.2 Å². The zero-order valence-corrected chi connectivity index (χ0v) is 15.7. The molecular formula is C20H24BN3O2. The van der Waals surface area contributed by atoms with Gasteiger partial charge < -0.3 is 14.6 Å². The lowest BCUT2D eigenvalue weighted by molar-refractivity contribution is 0.00578. The third-order valence-electron chi connectivity index (χ3n) is 5.11. The number of nitriles is 1. The zero-order valence-electron chi connectivity index (χ0n) is 15.7. The number of hydrogen-bond acceptors (Lipinski definition) is 5. The van der Waals surface area contributed by atoms with Gasteiger partial charge in [-0.25, -0.2) is 0 Å². The predicted octanol–water partition coefficient (Wildman–Crippen LogP) is 2.91. The van der Waals surface area contributed by atoms with E-state index in [9.17, 15) is 5.26 Å². The minimum atomic E-state index is -0.441. The zero-order chi connectivity index (χ0) is 18.8. The van der Waals surface area contributed by atoms with Crippen molar-refractivity contribution in [3.05, 3.63) is 53.9 Å². The monoisotopic (exact) mass is 349 g/mol. The summed E-state index contributed by atoms with van der Waals surface area (Å²) in [5.41, 5.74) is 2.53. The molecule has 0 saturated carbocycles. The predicted molar refractivity (Wildman–Crippen MR) is 103 cm³/mol. The molecule has 134 valence electrons. The van der Waals surface area contributed by atoms with Gasteiger partial charge in [-0.15, -0.1) is 0 Å². The Kier molecular flexibility index (Phi) is 5.04. The first kappa shape index (κ1) is 18.4. The number of rotatable bonds is 5. The van der Waals surface area contributed by atoms with Gasteiger partial charge in [0.15, 0.2) is 0 Å². The third kappa shape index (κ3) is 3.74. The van der Waals surface area contributed by atoms with E-state index in [1.165, 1.54) is 0 Å². The molecule has 5 nitrogen and oxygen atoms in total. The highest BCUT2D eigenvalue weighted by molar-refractivity contribution is 6.62. The van der Waals surface area contributed by atoms with Crippen molar-refractivity contribution in [2.24, 2.45) is 0 Å². The molecule has 0 atom stereocenters. The molecule has 2 aromatic rings. The lowest BCUT2D eigenvalue weighted by Crippen LogP contribution is -2.41. The summed E-state index contributed by atoms with van der Waals surface area (Å²) in [7, 11) is -0.441. The van der Waals surface area contributed by atoms with Gasteiger partial charge in [0.2, 0.25) is 0 Å². The number of nitrogens with zero attached hydrogens (tertiary/aromatic N) is 2. The maximum atomic E-state index is 9.39. The molecule has 0 bridgehead atoms. The van der Waals surface area contributed by atoms with Crippen molar-refractivity contribution < 1.29 is 9.31 Å². The summed E-state index contributed by atoms with van der Waals surface area (Å²) in [6, 6.07) is 13.8. The van der Waals surface area contributed by atoms with Crippen molar-refractivity contribution >= 4 is 18.3 Å². The highest BCUT2D eigenvalue weighted by atomic mass is 16.7. The fraction of sp³-hybridized carbons (Fsp3) is 0.400. The number of anilines is 1. The van der Waals surface area contributed by atoms with E-state index in [1.54, 1.807) is 6.20 Å². The molecule has 1 N–H and O–H groups in total. The van der Waals surface area contributed by atoms with Crippen molar-refractivity contribution in [2.45, 2.75) is 45.3 Å². The van der Waals surface area contributed by atoms with E-state index in [1.807, 2.05) is 64.1 Å². The summed E-state index contributed by atoms with van der Waals surface area (Å²) < 4.78 is 12.2. The van der Waals surface area contributed by atoms with Crippen molar-refractivity contribution in [3.8, 4) is 6.07 Å². The number of pyridine rings is 1. The second-order valence-electron chi connectivity index (χ2n) is 7.50. The van der Waals surface area contributed by atoms with Crippen LogP contribution in [0.25, 0.3) is 0 Å². The molecule has 0 aliphatic carbocycles. The molecule has 1 fully saturated rings. The van der Waals surface area contributed by atoms with Gasteiger partial charge >= 0.3 is 7.12 Å². The number of aromatic nitrogens is 1. The van der Waals surface area contributed by atoms with E-state index in [2.05, 4.69) is 16.4 Å². The second-order valence-corrected chi connectivity index (χ2v) is 7.50. The van der Waals surface area contributed by atoms with Gasteiger partial charge in [0.05, 0.1) is 22.5 Å². The maximum Gasteiger partial charge on any atom is 0.494 e. The van der Waals surface area contributed by atoms with Crippen LogP contribution in [0.5, 0.6) is 0 Å². The standard InChI is InChI=1S/C20H24BN3O2/c1-19(2)20(3,4)26-21(25-19)16-9-8-15(14-22)18(13-16)24-12-10-17-7-5-6-11-23-17/h5-9,11,13,24H,10,12H2,1-4H3. The van der Waals surface area contributed by atoms with Gasteiger partial charge in [-0.3, -0.25) is 4.98 Å². The summed E-state index contributed by atoms with van der Waals surface area (Å²) in [5, 5.41) is 12.7. The molecule has 0 radical (unpaired) electrons. The molecule has 2 heterocycles. The Morgan fingerprint density at radius 3 is 2.46 bits per heavy atom. The molecule has 6 heteroatoms. The molecule has 1 aliphatic heterocycles. The molecule has 0 unspecified atom stereocenters. The van der Waals surface area contributed by atoms with Crippen LogP contribution in [0.15, 0.2) is 42.6 Å². The first-order chi connectivity index (χ1) is 12.3. The largest absolute Gasteiger partial charge is 0.494 e. The van der Waals surface area contributed by atoms with Crippen molar-refractivity contribution in [1.82, 2.24) is 4.98 Å². The molecule has 1 aliphatic rings. The van der Waals surface area contributed by atoms with Crippen LogP contribution in [-0.2, 0) is 15.7 Å². The molecule has 1 saturated heterocycles. The van der Waals surface area contributed by atoms with Gasteiger partial charge in [0, 0.05) is 24.9 Å². The minimum absolute atomic E-state index is 0.391. The summed E-state index contributed by atoms with van der Waals surface area (Å²) in [6.45, 7) is 8.81. The van der Waals surface area contributed by atoms with E-state index in [4.69, 9.17) is 9.31 Å². The minimum Gasteiger partial charge on any atom is -0.399 e. The first-order valence-corrected chi connectivity index (χ1v) is 8.86. The van der Waals surface area contributed by atoms with Gasteiger partial charge in [-0.1, -0.05) is 12.1 Å².